The number of hydrogen-bond acceptors (Lipinski definition) is 5. The number of rotatable bonds is 5. The first-order valence-corrected chi connectivity index (χ1v) is 7.56. The second-order valence-corrected chi connectivity index (χ2v) is 5.83. The molecule has 2 aromatic carbocycles. The van der Waals surface area contributed by atoms with Crippen LogP contribution in [0.4, 0.5) is 11.4 Å². The second kappa shape index (κ2) is 6.68. The van der Waals surface area contributed by atoms with E-state index in [1.165, 1.54) is 23.9 Å². The molecule has 2 aromatic rings. The fourth-order valence-electron chi connectivity index (χ4n) is 1.70. The summed E-state index contributed by atoms with van der Waals surface area (Å²) in [5.74, 6) is 0.396. The summed E-state index contributed by atoms with van der Waals surface area (Å²) in [5.41, 5.74) is 0.729. The van der Waals surface area contributed by atoms with Gasteiger partial charge in [0.15, 0.2) is 0 Å². The fourth-order valence-corrected chi connectivity index (χ4v) is 3.46. The molecule has 0 fully saturated rings. The minimum Gasteiger partial charge on any atom is -0.258 e. The Kier molecular flexibility index (Phi) is 4.92. The fraction of sp³-hybridized carbons (Fsp3) is 0.0769. The Morgan fingerprint density at radius 1 is 0.952 bits per heavy atom. The number of hydrogen-bond donors (Lipinski definition) is 0. The predicted molar refractivity (Wildman–Crippen MR) is 83.5 cm³/mol. The number of nitro groups is 2. The minimum atomic E-state index is -0.469. The van der Waals surface area contributed by atoms with Crippen LogP contribution in [0.15, 0.2) is 51.8 Å². The molecule has 0 unspecified atom stereocenters. The highest BCUT2D eigenvalue weighted by Crippen LogP contribution is 2.35. The summed E-state index contributed by atoms with van der Waals surface area (Å²) in [6, 6.07) is 11.2. The molecule has 21 heavy (non-hydrogen) atoms. The number of para-hydroxylation sites is 1. The van der Waals surface area contributed by atoms with Crippen molar-refractivity contribution in [2.24, 2.45) is 0 Å². The molecule has 0 saturated carbocycles. The second-order valence-electron chi connectivity index (χ2n) is 4.02. The van der Waals surface area contributed by atoms with Gasteiger partial charge in [-0.3, -0.25) is 20.2 Å². The van der Waals surface area contributed by atoms with Crippen molar-refractivity contribution in [1.82, 2.24) is 0 Å². The van der Waals surface area contributed by atoms with Gasteiger partial charge in [0.2, 0.25) is 0 Å². The molecule has 0 amide bonds. The smallest absolute Gasteiger partial charge is 0.258 e. The molecule has 2 rings (SSSR count). The summed E-state index contributed by atoms with van der Waals surface area (Å²) in [7, 11) is 0. The molecule has 108 valence electrons. The molecule has 0 bridgehead atoms. The topological polar surface area (TPSA) is 86.3 Å². The third-order valence-corrected chi connectivity index (χ3v) is 4.73. The highest BCUT2D eigenvalue weighted by molar-refractivity contribution is 9.10. The van der Waals surface area contributed by atoms with Crippen molar-refractivity contribution in [2.45, 2.75) is 10.6 Å². The lowest BCUT2D eigenvalue weighted by Crippen LogP contribution is -1.93. The molecular formula is C13H9BrN2O4S. The van der Waals surface area contributed by atoms with Crippen LogP contribution in [-0.2, 0) is 5.75 Å². The normalized spacial score (nSPS) is 10.3. The zero-order chi connectivity index (χ0) is 15.4. The Bertz CT molecular complexity index is 708. The van der Waals surface area contributed by atoms with Crippen molar-refractivity contribution in [1.29, 1.82) is 0 Å². The Balaban J connectivity index is 2.23. The summed E-state index contributed by atoms with van der Waals surface area (Å²) in [5, 5.41) is 21.8. The SMILES string of the molecule is O=[N+]([O-])c1ccccc1SCc1cccc([N+](=O)[O-])c1Br. The van der Waals surface area contributed by atoms with Crippen molar-refractivity contribution >= 4 is 39.1 Å². The first kappa shape index (κ1) is 15.5. The average Bonchev–Trinajstić information content (AvgIpc) is 2.46. The van der Waals surface area contributed by atoms with E-state index < -0.39 is 9.85 Å². The molecule has 0 spiro atoms. The van der Waals surface area contributed by atoms with Crippen LogP contribution in [0.1, 0.15) is 5.56 Å². The lowest BCUT2D eigenvalue weighted by atomic mass is 10.2. The summed E-state index contributed by atoms with van der Waals surface area (Å²) >= 11 is 4.48. The first-order chi connectivity index (χ1) is 10.0. The lowest BCUT2D eigenvalue weighted by molar-refractivity contribution is -0.387. The largest absolute Gasteiger partial charge is 0.283 e. The molecule has 6 nitrogen and oxygen atoms in total. The van der Waals surface area contributed by atoms with Gasteiger partial charge in [-0.1, -0.05) is 24.3 Å². The summed E-state index contributed by atoms with van der Waals surface area (Å²) in [6.45, 7) is 0. The zero-order valence-electron chi connectivity index (χ0n) is 10.6. The third kappa shape index (κ3) is 3.59. The van der Waals surface area contributed by atoms with E-state index in [0.717, 1.165) is 0 Å². The molecule has 0 radical (unpaired) electrons. The van der Waals surface area contributed by atoms with E-state index in [9.17, 15) is 20.2 Å². The molecule has 0 aliphatic heterocycles. The van der Waals surface area contributed by atoms with Crippen molar-refractivity contribution in [3.05, 3.63) is 72.7 Å². The van der Waals surface area contributed by atoms with E-state index in [4.69, 9.17) is 0 Å². The van der Waals surface area contributed by atoms with Crippen molar-refractivity contribution in [3.8, 4) is 0 Å². The van der Waals surface area contributed by atoms with Gasteiger partial charge < -0.3 is 0 Å². The molecular weight excluding hydrogens is 360 g/mol. The third-order valence-electron chi connectivity index (χ3n) is 2.70. The van der Waals surface area contributed by atoms with Gasteiger partial charge in [-0.25, -0.2) is 0 Å². The van der Waals surface area contributed by atoms with Crippen molar-refractivity contribution in [2.75, 3.05) is 0 Å². The molecule has 0 aliphatic rings. The van der Waals surface area contributed by atoms with Crippen LogP contribution in [0.2, 0.25) is 0 Å². The summed E-state index contributed by atoms with van der Waals surface area (Å²) in [4.78, 5) is 21.4. The molecule has 8 heteroatoms. The standard InChI is InChI=1S/C13H9BrN2O4S/c14-13-9(4-3-6-11(13)16(19)20)8-21-12-7-2-1-5-10(12)15(17)18/h1-7H,8H2. The van der Waals surface area contributed by atoms with Gasteiger partial charge in [0.05, 0.1) is 19.2 Å². The number of nitrogens with zero attached hydrogens (tertiary/aromatic N) is 2. The Labute approximate surface area is 132 Å². The zero-order valence-corrected chi connectivity index (χ0v) is 13.0. The number of nitro benzene ring substituents is 2. The van der Waals surface area contributed by atoms with Gasteiger partial charge in [0.1, 0.15) is 0 Å². The first-order valence-electron chi connectivity index (χ1n) is 5.78. The number of thioether (sulfide) groups is 1. The maximum atomic E-state index is 10.9. The Morgan fingerprint density at radius 2 is 1.57 bits per heavy atom. The van der Waals surface area contributed by atoms with E-state index in [-0.39, 0.29) is 11.4 Å². The maximum Gasteiger partial charge on any atom is 0.283 e. The molecule has 0 atom stereocenters. The Hall–Kier alpha value is -1.93. The van der Waals surface area contributed by atoms with Crippen LogP contribution in [0, 0.1) is 20.2 Å². The van der Waals surface area contributed by atoms with Gasteiger partial charge >= 0.3 is 0 Å². The minimum absolute atomic E-state index is 0.0179. The van der Waals surface area contributed by atoms with Gasteiger partial charge in [-0.2, -0.15) is 0 Å². The van der Waals surface area contributed by atoms with Crippen LogP contribution in [0.25, 0.3) is 0 Å². The summed E-state index contributed by atoms with van der Waals surface area (Å²) in [6.07, 6.45) is 0. The quantitative estimate of drug-likeness (QED) is 0.438. The van der Waals surface area contributed by atoms with E-state index >= 15 is 0 Å². The molecule has 0 aliphatic carbocycles. The highest BCUT2D eigenvalue weighted by atomic mass is 79.9. The van der Waals surface area contributed by atoms with Gasteiger partial charge in [-0.15, -0.1) is 11.8 Å². The van der Waals surface area contributed by atoms with Crippen LogP contribution in [0.5, 0.6) is 0 Å². The van der Waals surface area contributed by atoms with E-state index in [1.54, 1.807) is 30.3 Å². The monoisotopic (exact) mass is 368 g/mol. The van der Waals surface area contributed by atoms with Crippen molar-refractivity contribution in [3.63, 3.8) is 0 Å². The number of halogens is 1. The summed E-state index contributed by atoms with van der Waals surface area (Å²) < 4.78 is 0.404. The van der Waals surface area contributed by atoms with E-state index in [1.807, 2.05) is 0 Å². The van der Waals surface area contributed by atoms with E-state index in [2.05, 4.69) is 15.9 Å². The maximum absolute atomic E-state index is 10.9. The lowest BCUT2D eigenvalue weighted by Gasteiger charge is -2.05. The molecule has 0 N–H and O–H groups in total. The average molecular weight is 369 g/mol. The predicted octanol–water partition coefficient (Wildman–Crippen LogP) is 4.56. The van der Waals surface area contributed by atoms with Gasteiger partial charge in [0.25, 0.3) is 11.4 Å². The van der Waals surface area contributed by atoms with Gasteiger partial charge in [0, 0.05) is 17.9 Å². The molecule has 0 saturated heterocycles. The van der Waals surface area contributed by atoms with Crippen LogP contribution in [0.3, 0.4) is 0 Å². The van der Waals surface area contributed by atoms with Crippen LogP contribution >= 0.6 is 27.7 Å². The Morgan fingerprint density at radius 3 is 2.24 bits per heavy atom. The van der Waals surface area contributed by atoms with E-state index in [0.29, 0.717) is 20.7 Å². The molecule has 0 heterocycles. The highest BCUT2D eigenvalue weighted by Gasteiger charge is 2.17. The van der Waals surface area contributed by atoms with Gasteiger partial charge in [-0.05, 0) is 27.6 Å². The van der Waals surface area contributed by atoms with Crippen LogP contribution < -0.4 is 0 Å². The van der Waals surface area contributed by atoms with Crippen LogP contribution in [-0.4, -0.2) is 9.85 Å². The van der Waals surface area contributed by atoms with Crippen molar-refractivity contribution < 1.29 is 9.85 Å². The molecule has 0 aromatic heterocycles. The number of benzene rings is 2.